The van der Waals surface area contributed by atoms with Crippen LogP contribution in [0.25, 0.3) is 0 Å². The Morgan fingerprint density at radius 1 is 1.09 bits per heavy atom. The van der Waals surface area contributed by atoms with Crippen LogP contribution in [0.1, 0.15) is 56.7 Å². The molecule has 2 aromatic carbocycles. The highest BCUT2D eigenvalue weighted by molar-refractivity contribution is 6.34. The minimum atomic E-state index is -0.577. The van der Waals surface area contributed by atoms with Crippen LogP contribution in [0.15, 0.2) is 36.4 Å². The Labute approximate surface area is 216 Å². The zero-order chi connectivity index (χ0) is 25.8. The maximum absolute atomic E-state index is 13.8. The Kier molecular flexibility index (Phi) is 8.71. The molecule has 190 valence electrons. The number of amides is 2. The lowest BCUT2D eigenvalue weighted by Crippen LogP contribution is -2.48. The zero-order valence-corrected chi connectivity index (χ0v) is 22.2. The monoisotopic (exact) mass is 522 g/mol. The summed E-state index contributed by atoms with van der Waals surface area (Å²) in [6.45, 7) is 8.73. The molecule has 2 amide bonds. The van der Waals surface area contributed by atoms with Gasteiger partial charge in [0.2, 0.25) is 5.91 Å². The van der Waals surface area contributed by atoms with Gasteiger partial charge in [0.05, 0.1) is 0 Å². The molecule has 1 N–H and O–H groups in total. The van der Waals surface area contributed by atoms with Gasteiger partial charge in [0.15, 0.2) is 0 Å². The Morgan fingerprint density at radius 3 is 2.29 bits per heavy atom. The average molecular weight is 523 g/mol. The van der Waals surface area contributed by atoms with E-state index in [0.29, 0.717) is 48.9 Å². The van der Waals surface area contributed by atoms with Crippen molar-refractivity contribution in [2.45, 2.75) is 64.4 Å². The second-order valence-electron chi connectivity index (χ2n) is 10.3. The molecule has 8 heteroatoms. The first-order valence-corrected chi connectivity index (χ1v) is 12.6. The Hall–Kier alpha value is -2.31. The Morgan fingerprint density at radius 2 is 1.71 bits per heavy atom. The van der Waals surface area contributed by atoms with E-state index in [2.05, 4.69) is 5.32 Å². The van der Waals surface area contributed by atoms with Crippen LogP contribution in [0, 0.1) is 12.7 Å². The topological polar surface area (TPSA) is 58.6 Å². The van der Waals surface area contributed by atoms with E-state index in [1.54, 1.807) is 17.0 Å². The molecular formula is C27H33Cl2FN2O3. The number of piperidine rings is 1. The van der Waals surface area contributed by atoms with Gasteiger partial charge in [0, 0.05) is 41.5 Å². The van der Waals surface area contributed by atoms with E-state index >= 15 is 0 Å². The summed E-state index contributed by atoms with van der Waals surface area (Å²) in [5.41, 5.74) is 1.61. The number of ether oxygens (including phenoxy) is 1. The molecule has 0 radical (unpaired) electrons. The number of carbonyl (C=O) groups is 2. The summed E-state index contributed by atoms with van der Waals surface area (Å²) in [6, 6.07) is 10.0. The summed E-state index contributed by atoms with van der Waals surface area (Å²) < 4.78 is 19.4. The van der Waals surface area contributed by atoms with Gasteiger partial charge < -0.3 is 15.0 Å². The van der Waals surface area contributed by atoms with E-state index in [1.165, 1.54) is 12.1 Å². The lowest BCUT2D eigenvalue weighted by Gasteiger charge is -2.42. The van der Waals surface area contributed by atoms with E-state index in [0.717, 1.165) is 16.7 Å². The molecule has 0 aliphatic carbocycles. The molecule has 0 atom stereocenters. The number of likely N-dealkylation sites (tertiary alicyclic amines) is 1. The van der Waals surface area contributed by atoms with Crippen molar-refractivity contribution in [3.05, 3.63) is 69.0 Å². The van der Waals surface area contributed by atoms with Crippen molar-refractivity contribution < 1.29 is 18.7 Å². The van der Waals surface area contributed by atoms with Crippen LogP contribution in [0.5, 0.6) is 0 Å². The van der Waals surface area contributed by atoms with Crippen LogP contribution in [-0.2, 0) is 21.4 Å². The molecule has 1 heterocycles. The third kappa shape index (κ3) is 7.58. The number of nitrogens with zero attached hydrogens (tertiary/aromatic N) is 1. The van der Waals surface area contributed by atoms with Gasteiger partial charge in [-0.15, -0.1) is 0 Å². The van der Waals surface area contributed by atoms with Gasteiger partial charge in [-0.2, -0.15) is 0 Å². The number of rotatable bonds is 6. The fraction of sp³-hybridized carbons (Fsp3) is 0.481. The maximum Gasteiger partial charge on any atom is 0.410 e. The van der Waals surface area contributed by atoms with Gasteiger partial charge >= 0.3 is 6.09 Å². The van der Waals surface area contributed by atoms with Crippen LogP contribution < -0.4 is 5.32 Å². The van der Waals surface area contributed by atoms with E-state index in [9.17, 15) is 14.0 Å². The number of nitrogens with one attached hydrogen (secondary N) is 1. The largest absolute Gasteiger partial charge is 0.444 e. The predicted octanol–water partition coefficient (Wildman–Crippen LogP) is 6.46. The molecule has 1 aliphatic rings. The standard InChI is InChI=1S/C27H33Cl2FN2O3/c1-18-13-22(30)5-6-23(18)27(8-11-32(12-9-27)25(34)35-26(2,3)4)17-24(33)31-10-7-19-14-20(28)16-21(29)15-19/h5-6,13-16H,7-12,17H2,1-4H3,(H,31,33). The fourth-order valence-electron chi connectivity index (χ4n) is 4.68. The van der Waals surface area contributed by atoms with Crippen molar-refractivity contribution in [3.63, 3.8) is 0 Å². The van der Waals surface area contributed by atoms with E-state index in [1.807, 2.05) is 39.8 Å². The average Bonchev–Trinajstić information content (AvgIpc) is 2.72. The summed E-state index contributed by atoms with van der Waals surface area (Å²) in [5, 5.41) is 4.12. The van der Waals surface area contributed by atoms with Crippen LogP contribution in [-0.4, -0.2) is 42.1 Å². The second-order valence-corrected chi connectivity index (χ2v) is 11.1. The molecule has 1 fully saturated rings. The second kappa shape index (κ2) is 11.2. The van der Waals surface area contributed by atoms with Gasteiger partial charge in [0.1, 0.15) is 11.4 Å². The first-order chi connectivity index (χ1) is 16.4. The summed E-state index contributed by atoms with van der Waals surface area (Å²) >= 11 is 12.1. The molecule has 1 aliphatic heterocycles. The molecule has 0 unspecified atom stereocenters. The summed E-state index contributed by atoms with van der Waals surface area (Å²) in [7, 11) is 0. The number of halogens is 3. The summed E-state index contributed by atoms with van der Waals surface area (Å²) in [6.07, 6.45) is 1.65. The van der Waals surface area contributed by atoms with Gasteiger partial charge in [-0.3, -0.25) is 4.79 Å². The minimum absolute atomic E-state index is 0.0902. The summed E-state index contributed by atoms with van der Waals surface area (Å²) in [5.74, 6) is -0.398. The molecule has 0 saturated carbocycles. The number of carbonyl (C=O) groups excluding carboxylic acids is 2. The lowest BCUT2D eigenvalue weighted by molar-refractivity contribution is -0.122. The number of benzene rings is 2. The van der Waals surface area contributed by atoms with Crippen molar-refractivity contribution in [3.8, 4) is 0 Å². The first kappa shape index (κ1) is 27.3. The molecular weight excluding hydrogens is 490 g/mol. The highest BCUT2D eigenvalue weighted by Gasteiger charge is 2.41. The minimum Gasteiger partial charge on any atom is -0.444 e. The highest BCUT2D eigenvalue weighted by atomic mass is 35.5. The van der Waals surface area contributed by atoms with E-state index < -0.39 is 11.0 Å². The van der Waals surface area contributed by atoms with Crippen molar-refractivity contribution in [1.29, 1.82) is 0 Å². The van der Waals surface area contributed by atoms with Gasteiger partial charge in [-0.25, -0.2) is 9.18 Å². The molecule has 5 nitrogen and oxygen atoms in total. The van der Waals surface area contributed by atoms with Crippen molar-refractivity contribution in [2.24, 2.45) is 0 Å². The van der Waals surface area contributed by atoms with E-state index in [-0.39, 0.29) is 24.2 Å². The van der Waals surface area contributed by atoms with Crippen molar-refractivity contribution in [2.75, 3.05) is 19.6 Å². The normalized spacial score (nSPS) is 15.6. The third-order valence-electron chi connectivity index (χ3n) is 6.29. The van der Waals surface area contributed by atoms with Gasteiger partial charge in [-0.1, -0.05) is 29.3 Å². The van der Waals surface area contributed by atoms with Crippen LogP contribution in [0.2, 0.25) is 10.0 Å². The fourth-order valence-corrected chi connectivity index (χ4v) is 5.25. The number of aryl methyl sites for hydroxylation is 1. The molecule has 35 heavy (non-hydrogen) atoms. The van der Waals surface area contributed by atoms with Gasteiger partial charge in [-0.05, 0) is 94.0 Å². The van der Waals surface area contributed by atoms with Gasteiger partial charge in [0.25, 0.3) is 0 Å². The van der Waals surface area contributed by atoms with Crippen molar-refractivity contribution >= 4 is 35.2 Å². The van der Waals surface area contributed by atoms with Crippen molar-refractivity contribution in [1.82, 2.24) is 10.2 Å². The predicted molar refractivity (Wildman–Crippen MR) is 138 cm³/mol. The maximum atomic E-state index is 13.8. The first-order valence-electron chi connectivity index (χ1n) is 11.8. The van der Waals surface area contributed by atoms with Crippen LogP contribution in [0.4, 0.5) is 9.18 Å². The highest BCUT2D eigenvalue weighted by Crippen LogP contribution is 2.40. The quantitative estimate of drug-likeness (QED) is 0.473. The Balaban J connectivity index is 1.71. The van der Waals surface area contributed by atoms with E-state index in [4.69, 9.17) is 27.9 Å². The zero-order valence-electron chi connectivity index (χ0n) is 20.7. The number of hydrogen-bond donors (Lipinski definition) is 1. The molecule has 3 rings (SSSR count). The third-order valence-corrected chi connectivity index (χ3v) is 6.73. The number of hydrogen-bond acceptors (Lipinski definition) is 3. The van der Waals surface area contributed by atoms with Crippen LogP contribution >= 0.6 is 23.2 Å². The summed E-state index contributed by atoms with van der Waals surface area (Å²) in [4.78, 5) is 27.3. The molecule has 0 aromatic heterocycles. The molecule has 0 bridgehead atoms. The molecule has 0 spiro atoms. The molecule has 1 saturated heterocycles. The smallest absolute Gasteiger partial charge is 0.410 e. The Bertz CT molecular complexity index is 1060. The lowest BCUT2D eigenvalue weighted by atomic mass is 9.69. The van der Waals surface area contributed by atoms with Crippen LogP contribution in [0.3, 0.4) is 0 Å². The SMILES string of the molecule is Cc1cc(F)ccc1C1(CC(=O)NCCc2cc(Cl)cc(Cl)c2)CCN(C(=O)OC(C)(C)C)CC1. The molecule has 2 aromatic rings.